The molecule has 2 heterocycles. The summed E-state index contributed by atoms with van der Waals surface area (Å²) in [7, 11) is 0. The number of hydrogen-bond acceptors (Lipinski definition) is 5. The second-order valence-electron chi connectivity index (χ2n) is 8.17. The Labute approximate surface area is 188 Å². The third kappa shape index (κ3) is 5.88. The predicted octanol–water partition coefficient (Wildman–Crippen LogP) is 5.48. The minimum absolute atomic E-state index is 0.0328. The highest BCUT2D eigenvalue weighted by atomic mass is 35.5. The topological polar surface area (TPSA) is 58.1 Å². The molecular formula is C23H29ClN4OS. The van der Waals surface area contributed by atoms with Gasteiger partial charge in [-0.05, 0) is 49.8 Å². The number of rotatable bonds is 6. The summed E-state index contributed by atoms with van der Waals surface area (Å²) in [6.45, 7) is 2.06. The van der Waals surface area contributed by atoms with Crippen LogP contribution in [0.5, 0.6) is 0 Å². The molecule has 1 aliphatic carbocycles. The van der Waals surface area contributed by atoms with E-state index in [1.54, 1.807) is 11.8 Å². The van der Waals surface area contributed by atoms with Crippen LogP contribution in [0.1, 0.15) is 67.3 Å². The van der Waals surface area contributed by atoms with Crippen molar-refractivity contribution in [2.24, 2.45) is 0 Å². The van der Waals surface area contributed by atoms with Crippen LogP contribution in [-0.4, -0.2) is 35.0 Å². The average molecular weight is 445 g/mol. The van der Waals surface area contributed by atoms with Gasteiger partial charge in [-0.15, -0.1) is 0 Å². The van der Waals surface area contributed by atoms with Gasteiger partial charge in [0.2, 0.25) is 0 Å². The molecule has 0 spiro atoms. The molecule has 4 rings (SSSR count). The van der Waals surface area contributed by atoms with Gasteiger partial charge in [0.05, 0.1) is 0 Å². The predicted molar refractivity (Wildman–Crippen MR) is 123 cm³/mol. The first-order valence-corrected chi connectivity index (χ1v) is 12.4. The van der Waals surface area contributed by atoms with Crippen LogP contribution in [0.25, 0.3) is 0 Å². The summed E-state index contributed by atoms with van der Waals surface area (Å²) < 4.78 is 0. The van der Waals surface area contributed by atoms with Gasteiger partial charge in [0.25, 0.3) is 5.91 Å². The van der Waals surface area contributed by atoms with Crippen molar-refractivity contribution < 1.29 is 4.79 Å². The van der Waals surface area contributed by atoms with Crippen molar-refractivity contribution in [3.05, 3.63) is 46.6 Å². The summed E-state index contributed by atoms with van der Waals surface area (Å²) >= 11 is 7.83. The summed E-state index contributed by atoms with van der Waals surface area (Å²) in [5.74, 6) is 1.70. The first-order valence-electron chi connectivity index (χ1n) is 11.0. The SMILES string of the molecule is O=C(NC1CCCCC1)c1ccc(CSc2nc(Cl)cc(N3CCCCC3)n2)cc1. The molecule has 5 nitrogen and oxygen atoms in total. The number of thioether (sulfide) groups is 1. The quantitative estimate of drug-likeness (QED) is 0.363. The van der Waals surface area contributed by atoms with Crippen LogP contribution in [0.2, 0.25) is 5.15 Å². The molecule has 1 aromatic heterocycles. The normalized spacial score (nSPS) is 17.7. The van der Waals surface area contributed by atoms with E-state index >= 15 is 0 Å². The highest BCUT2D eigenvalue weighted by Gasteiger charge is 2.17. The lowest BCUT2D eigenvalue weighted by Crippen LogP contribution is -2.36. The van der Waals surface area contributed by atoms with Gasteiger partial charge in [0, 0.05) is 36.5 Å². The number of anilines is 1. The summed E-state index contributed by atoms with van der Waals surface area (Å²) in [5, 5.41) is 4.36. The Kier molecular flexibility index (Phi) is 7.50. The van der Waals surface area contributed by atoms with Gasteiger partial charge in [0.15, 0.2) is 5.16 Å². The lowest BCUT2D eigenvalue weighted by atomic mass is 9.95. The molecule has 160 valence electrons. The zero-order valence-electron chi connectivity index (χ0n) is 17.3. The summed E-state index contributed by atoms with van der Waals surface area (Å²) in [5.41, 5.74) is 1.86. The monoisotopic (exact) mass is 444 g/mol. The number of amides is 1. The summed E-state index contributed by atoms with van der Waals surface area (Å²) in [4.78, 5) is 23.9. The number of carbonyl (C=O) groups excluding carboxylic acids is 1. The molecule has 1 aliphatic heterocycles. The Bertz CT molecular complexity index is 849. The number of halogens is 1. The Balaban J connectivity index is 1.33. The van der Waals surface area contributed by atoms with E-state index in [9.17, 15) is 4.79 Å². The lowest BCUT2D eigenvalue weighted by molar-refractivity contribution is 0.0927. The Morgan fingerprint density at radius 2 is 1.73 bits per heavy atom. The van der Waals surface area contributed by atoms with Gasteiger partial charge >= 0.3 is 0 Å². The molecule has 1 aromatic carbocycles. The molecule has 1 saturated heterocycles. The maximum Gasteiger partial charge on any atom is 0.251 e. The maximum absolute atomic E-state index is 12.5. The van der Waals surface area contributed by atoms with Gasteiger partial charge in [0.1, 0.15) is 11.0 Å². The largest absolute Gasteiger partial charge is 0.356 e. The minimum Gasteiger partial charge on any atom is -0.356 e. The smallest absolute Gasteiger partial charge is 0.251 e. The molecular weight excluding hydrogens is 416 g/mol. The fraction of sp³-hybridized carbons (Fsp3) is 0.522. The molecule has 0 atom stereocenters. The Morgan fingerprint density at radius 1 is 1.03 bits per heavy atom. The van der Waals surface area contributed by atoms with Crippen LogP contribution in [0.3, 0.4) is 0 Å². The van der Waals surface area contributed by atoms with Crippen LogP contribution < -0.4 is 10.2 Å². The molecule has 0 bridgehead atoms. The molecule has 1 N–H and O–H groups in total. The summed E-state index contributed by atoms with van der Waals surface area (Å²) in [6, 6.07) is 10.0. The van der Waals surface area contributed by atoms with Crippen molar-refractivity contribution >= 4 is 35.1 Å². The minimum atomic E-state index is 0.0328. The van der Waals surface area contributed by atoms with Crippen molar-refractivity contribution in [2.45, 2.75) is 68.3 Å². The van der Waals surface area contributed by atoms with Gasteiger partial charge in [-0.3, -0.25) is 4.79 Å². The number of nitrogens with zero attached hydrogens (tertiary/aromatic N) is 3. The molecule has 0 radical (unpaired) electrons. The van der Waals surface area contributed by atoms with E-state index in [0.29, 0.717) is 16.4 Å². The Morgan fingerprint density at radius 3 is 2.47 bits per heavy atom. The molecule has 30 heavy (non-hydrogen) atoms. The van der Waals surface area contributed by atoms with Crippen molar-refractivity contribution in [3.63, 3.8) is 0 Å². The van der Waals surface area contributed by atoms with Gasteiger partial charge in [-0.2, -0.15) is 0 Å². The van der Waals surface area contributed by atoms with E-state index < -0.39 is 0 Å². The number of benzene rings is 1. The highest BCUT2D eigenvalue weighted by Crippen LogP contribution is 2.26. The molecule has 2 fully saturated rings. The molecule has 7 heteroatoms. The fourth-order valence-corrected chi connectivity index (χ4v) is 5.19. The van der Waals surface area contributed by atoms with Crippen molar-refractivity contribution in [3.8, 4) is 0 Å². The highest BCUT2D eigenvalue weighted by molar-refractivity contribution is 7.98. The number of aromatic nitrogens is 2. The second kappa shape index (κ2) is 10.5. The van der Waals surface area contributed by atoms with Crippen LogP contribution in [-0.2, 0) is 5.75 Å². The van der Waals surface area contributed by atoms with Crippen LogP contribution in [0, 0.1) is 0 Å². The van der Waals surface area contributed by atoms with Crippen LogP contribution >= 0.6 is 23.4 Å². The number of carbonyl (C=O) groups is 1. The number of nitrogens with one attached hydrogen (secondary N) is 1. The Hall–Kier alpha value is -1.79. The second-order valence-corrected chi connectivity index (χ2v) is 9.50. The number of piperidine rings is 1. The molecule has 1 amide bonds. The van der Waals surface area contributed by atoms with Crippen molar-refractivity contribution in [1.29, 1.82) is 0 Å². The van der Waals surface area contributed by atoms with E-state index in [1.165, 1.54) is 38.5 Å². The van der Waals surface area contributed by atoms with Crippen LogP contribution in [0.4, 0.5) is 5.82 Å². The van der Waals surface area contributed by atoms with Crippen molar-refractivity contribution in [1.82, 2.24) is 15.3 Å². The third-order valence-electron chi connectivity index (χ3n) is 5.87. The standard InChI is InChI=1S/C23H29ClN4OS/c24-20-15-21(28-13-5-2-6-14-28)27-23(26-20)30-16-17-9-11-18(12-10-17)22(29)25-19-7-3-1-4-8-19/h9-12,15,19H,1-8,13-14,16H2,(H,25,29). The van der Waals surface area contributed by atoms with E-state index in [1.807, 2.05) is 30.3 Å². The van der Waals surface area contributed by atoms with E-state index in [0.717, 1.165) is 48.6 Å². The van der Waals surface area contributed by atoms with Gasteiger partial charge < -0.3 is 10.2 Å². The third-order valence-corrected chi connectivity index (χ3v) is 6.98. The zero-order chi connectivity index (χ0) is 20.8. The number of hydrogen-bond donors (Lipinski definition) is 1. The molecule has 2 aliphatic rings. The lowest BCUT2D eigenvalue weighted by Gasteiger charge is -2.27. The molecule has 2 aromatic rings. The maximum atomic E-state index is 12.5. The zero-order valence-corrected chi connectivity index (χ0v) is 18.9. The van der Waals surface area contributed by atoms with Crippen LogP contribution in [0.15, 0.2) is 35.5 Å². The molecule has 0 unspecified atom stereocenters. The van der Waals surface area contributed by atoms with Gasteiger partial charge in [-0.1, -0.05) is 54.8 Å². The average Bonchev–Trinajstić information content (AvgIpc) is 2.79. The fourth-order valence-electron chi connectivity index (χ4n) is 4.15. The first-order chi connectivity index (χ1) is 14.7. The van der Waals surface area contributed by atoms with Crippen molar-refractivity contribution in [2.75, 3.05) is 18.0 Å². The first kappa shape index (κ1) is 21.4. The van der Waals surface area contributed by atoms with E-state index in [2.05, 4.69) is 15.2 Å². The van der Waals surface area contributed by atoms with E-state index in [-0.39, 0.29) is 5.91 Å². The molecule has 1 saturated carbocycles. The van der Waals surface area contributed by atoms with Gasteiger partial charge in [-0.25, -0.2) is 9.97 Å². The van der Waals surface area contributed by atoms with E-state index in [4.69, 9.17) is 16.6 Å². The summed E-state index contributed by atoms with van der Waals surface area (Å²) in [6.07, 6.45) is 9.59.